The van der Waals surface area contributed by atoms with Crippen molar-refractivity contribution in [2.45, 2.75) is 30.7 Å². The maximum absolute atomic E-state index is 12.6. The Hall–Kier alpha value is -2.75. The SMILES string of the molecule is O=c1cc(-c2ccccc2)oc2ccc(O[C@H]3O[C@@H](CO)[C@@H](O)[C@@H](O)[C@@H]3O)cc12. The molecule has 4 rings (SSSR count). The number of hydrogen-bond acceptors (Lipinski definition) is 8. The molecule has 0 aliphatic carbocycles. The van der Waals surface area contributed by atoms with Crippen LogP contribution in [0.4, 0.5) is 0 Å². The first-order valence-corrected chi connectivity index (χ1v) is 9.08. The molecule has 2 heterocycles. The Morgan fingerprint density at radius 2 is 1.69 bits per heavy atom. The molecule has 1 aliphatic heterocycles. The Morgan fingerprint density at radius 3 is 2.41 bits per heavy atom. The summed E-state index contributed by atoms with van der Waals surface area (Å²) in [4.78, 5) is 12.6. The highest BCUT2D eigenvalue weighted by Crippen LogP contribution is 2.27. The van der Waals surface area contributed by atoms with Gasteiger partial charge in [0.25, 0.3) is 0 Å². The minimum atomic E-state index is -1.55. The molecule has 8 heteroatoms. The predicted molar refractivity (Wildman–Crippen MR) is 102 cm³/mol. The first kappa shape index (κ1) is 19.6. The zero-order valence-corrected chi connectivity index (χ0v) is 15.2. The first-order chi connectivity index (χ1) is 14.0. The molecule has 2 aromatic carbocycles. The molecule has 0 unspecified atom stereocenters. The molecule has 0 radical (unpaired) electrons. The molecule has 1 aliphatic rings. The first-order valence-electron chi connectivity index (χ1n) is 9.08. The smallest absolute Gasteiger partial charge is 0.229 e. The molecule has 29 heavy (non-hydrogen) atoms. The summed E-state index contributed by atoms with van der Waals surface area (Å²) in [6.07, 6.45) is -6.99. The summed E-state index contributed by atoms with van der Waals surface area (Å²) in [5.41, 5.74) is 0.856. The van der Waals surface area contributed by atoms with E-state index >= 15 is 0 Å². The van der Waals surface area contributed by atoms with Gasteiger partial charge in [0.1, 0.15) is 41.5 Å². The predicted octanol–water partition coefficient (Wildman–Crippen LogP) is 0.639. The fraction of sp³-hybridized carbons (Fsp3) is 0.286. The van der Waals surface area contributed by atoms with Crippen molar-refractivity contribution >= 4 is 11.0 Å². The summed E-state index contributed by atoms with van der Waals surface area (Å²) in [5.74, 6) is 0.632. The highest BCUT2D eigenvalue weighted by Gasteiger charge is 2.44. The van der Waals surface area contributed by atoms with Gasteiger partial charge in [0.15, 0.2) is 5.43 Å². The van der Waals surface area contributed by atoms with Crippen LogP contribution in [-0.2, 0) is 4.74 Å². The van der Waals surface area contributed by atoms with Gasteiger partial charge < -0.3 is 34.3 Å². The van der Waals surface area contributed by atoms with Crippen LogP contribution in [0, 0.1) is 0 Å². The van der Waals surface area contributed by atoms with Crippen LogP contribution in [0.25, 0.3) is 22.3 Å². The summed E-state index contributed by atoms with van der Waals surface area (Å²) in [7, 11) is 0. The number of fused-ring (bicyclic) bond motifs is 1. The largest absolute Gasteiger partial charge is 0.462 e. The molecule has 8 nitrogen and oxygen atoms in total. The summed E-state index contributed by atoms with van der Waals surface area (Å²) in [6.45, 7) is -0.561. The van der Waals surface area contributed by atoms with Crippen molar-refractivity contribution in [2.24, 2.45) is 0 Å². The second-order valence-electron chi connectivity index (χ2n) is 6.81. The Morgan fingerprint density at radius 1 is 0.931 bits per heavy atom. The lowest BCUT2D eigenvalue weighted by Gasteiger charge is -2.39. The molecule has 0 spiro atoms. The van der Waals surface area contributed by atoms with Gasteiger partial charge in [0.2, 0.25) is 6.29 Å². The maximum Gasteiger partial charge on any atom is 0.229 e. The van der Waals surface area contributed by atoms with Gasteiger partial charge in [-0.05, 0) is 18.2 Å². The lowest BCUT2D eigenvalue weighted by Crippen LogP contribution is -2.60. The van der Waals surface area contributed by atoms with Crippen molar-refractivity contribution in [3.05, 3.63) is 64.8 Å². The van der Waals surface area contributed by atoms with E-state index in [4.69, 9.17) is 13.9 Å². The third-order valence-corrected chi connectivity index (χ3v) is 4.86. The highest BCUT2D eigenvalue weighted by atomic mass is 16.7. The van der Waals surface area contributed by atoms with E-state index in [0.29, 0.717) is 11.3 Å². The van der Waals surface area contributed by atoms with Crippen LogP contribution in [0.3, 0.4) is 0 Å². The van der Waals surface area contributed by atoms with Gasteiger partial charge in [-0.3, -0.25) is 4.79 Å². The quantitative estimate of drug-likeness (QED) is 0.502. The normalized spacial score (nSPS) is 27.1. The third-order valence-electron chi connectivity index (χ3n) is 4.86. The number of benzene rings is 2. The minimum Gasteiger partial charge on any atom is -0.462 e. The standard InChI is InChI=1S/C21H20O8/c22-10-17-18(24)19(25)20(26)21(29-17)27-12-6-7-15-13(8-12)14(23)9-16(28-15)11-4-2-1-3-5-11/h1-9,17-22,24-26H,10H2/t17-,18+,19+,20-,21-/m0/s1. The Kier molecular flexibility index (Phi) is 5.35. The van der Waals surface area contributed by atoms with E-state index < -0.39 is 37.3 Å². The molecule has 0 saturated carbocycles. The average Bonchev–Trinajstić information content (AvgIpc) is 2.75. The Bertz CT molecular complexity index is 1050. The molecular weight excluding hydrogens is 380 g/mol. The van der Waals surface area contributed by atoms with E-state index in [-0.39, 0.29) is 16.6 Å². The lowest BCUT2D eigenvalue weighted by molar-refractivity contribution is -0.277. The van der Waals surface area contributed by atoms with Gasteiger partial charge >= 0.3 is 0 Å². The van der Waals surface area contributed by atoms with Crippen molar-refractivity contribution in [1.82, 2.24) is 0 Å². The second-order valence-corrected chi connectivity index (χ2v) is 6.81. The number of hydrogen-bond donors (Lipinski definition) is 4. The van der Waals surface area contributed by atoms with Crippen LogP contribution < -0.4 is 10.2 Å². The van der Waals surface area contributed by atoms with Crippen LogP contribution in [0.2, 0.25) is 0 Å². The summed E-state index contributed by atoms with van der Waals surface area (Å²) < 4.78 is 16.7. The van der Waals surface area contributed by atoms with Gasteiger partial charge in [-0.2, -0.15) is 0 Å². The molecule has 152 valence electrons. The van der Waals surface area contributed by atoms with E-state index in [2.05, 4.69) is 0 Å². The summed E-state index contributed by atoms with van der Waals surface area (Å²) >= 11 is 0. The lowest BCUT2D eigenvalue weighted by atomic mass is 9.99. The van der Waals surface area contributed by atoms with Crippen LogP contribution in [0.15, 0.2) is 63.8 Å². The van der Waals surface area contributed by atoms with Crippen molar-refractivity contribution < 1.29 is 34.3 Å². The van der Waals surface area contributed by atoms with Gasteiger partial charge in [0.05, 0.1) is 12.0 Å². The molecular formula is C21H20O8. The Labute approximate surface area is 165 Å². The van der Waals surface area contributed by atoms with Crippen LogP contribution in [-0.4, -0.2) is 57.7 Å². The van der Waals surface area contributed by atoms with Crippen LogP contribution in [0.5, 0.6) is 5.75 Å². The molecule has 0 amide bonds. The summed E-state index contributed by atoms with van der Waals surface area (Å²) in [5, 5.41) is 39.3. The zero-order chi connectivity index (χ0) is 20.5. The maximum atomic E-state index is 12.6. The Balaban J connectivity index is 1.63. The molecule has 1 fully saturated rings. The molecule has 0 bridgehead atoms. The second kappa shape index (κ2) is 7.94. The van der Waals surface area contributed by atoms with E-state index in [9.17, 15) is 25.2 Å². The van der Waals surface area contributed by atoms with Gasteiger partial charge in [-0.15, -0.1) is 0 Å². The fourth-order valence-electron chi connectivity index (χ4n) is 3.25. The van der Waals surface area contributed by atoms with E-state index in [1.54, 1.807) is 6.07 Å². The molecule has 3 aromatic rings. The highest BCUT2D eigenvalue weighted by molar-refractivity contribution is 5.80. The van der Waals surface area contributed by atoms with Crippen molar-refractivity contribution in [3.63, 3.8) is 0 Å². The molecule has 1 saturated heterocycles. The third kappa shape index (κ3) is 3.76. The van der Waals surface area contributed by atoms with E-state index in [0.717, 1.165) is 5.56 Å². The van der Waals surface area contributed by atoms with Gasteiger partial charge in [0, 0.05) is 11.6 Å². The minimum absolute atomic E-state index is 0.196. The van der Waals surface area contributed by atoms with E-state index in [1.165, 1.54) is 18.2 Å². The van der Waals surface area contributed by atoms with Crippen molar-refractivity contribution in [3.8, 4) is 17.1 Å². The summed E-state index contributed by atoms with van der Waals surface area (Å²) in [6, 6.07) is 15.1. The van der Waals surface area contributed by atoms with E-state index in [1.807, 2.05) is 30.3 Å². The van der Waals surface area contributed by atoms with Crippen LogP contribution in [0.1, 0.15) is 0 Å². The molecule has 5 atom stereocenters. The van der Waals surface area contributed by atoms with Crippen LogP contribution >= 0.6 is 0 Å². The van der Waals surface area contributed by atoms with Gasteiger partial charge in [-0.1, -0.05) is 30.3 Å². The zero-order valence-electron chi connectivity index (χ0n) is 15.2. The number of aliphatic hydroxyl groups is 4. The van der Waals surface area contributed by atoms with Crippen molar-refractivity contribution in [1.29, 1.82) is 0 Å². The molecule has 1 aromatic heterocycles. The fourth-order valence-corrected chi connectivity index (χ4v) is 3.25. The van der Waals surface area contributed by atoms with Crippen molar-refractivity contribution in [2.75, 3.05) is 6.61 Å². The number of ether oxygens (including phenoxy) is 2. The van der Waals surface area contributed by atoms with Gasteiger partial charge in [-0.25, -0.2) is 0 Å². The number of aliphatic hydroxyl groups excluding tert-OH is 4. The average molecular weight is 400 g/mol. The number of rotatable bonds is 4. The molecule has 4 N–H and O–H groups in total. The monoisotopic (exact) mass is 400 g/mol. The topological polar surface area (TPSA) is 130 Å².